The molecule has 5 heteroatoms. The molecule has 0 fully saturated rings. The molecule has 0 N–H and O–H groups in total. The number of benzene rings is 2. The van der Waals surface area contributed by atoms with Crippen LogP contribution in [0.4, 0.5) is 4.79 Å². The maximum Gasteiger partial charge on any atom is 0.410 e. The van der Waals surface area contributed by atoms with Crippen molar-refractivity contribution in [2.45, 2.75) is 25.9 Å². The molecule has 1 heterocycles. The zero-order valence-corrected chi connectivity index (χ0v) is 14.3. The second-order valence-electron chi connectivity index (χ2n) is 6.05. The van der Waals surface area contributed by atoms with Crippen molar-refractivity contribution in [3.63, 3.8) is 0 Å². The molecule has 25 heavy (non-hydrogen) atoms. The molecule has 0 bridgehead atoms. The normalized spacial score (nSPS) is 14.5. The third-order valence-electron chi connectivity index (χ3n) is 4.03. The molecular formula is C20H21NO4. The van der Waals surface area contributed by atoms with Crippen LogP contribution in [0.15, 0.2) is 67.1 Å². The van der Waals surface area contributed by atoms with E-state index in [0.717, 1.165) is 16.7 Å². The zero-order chi connectivity index (χ0) is 17.7. The number of nitrogens with zero attached hydrogens (tertiary/aromatic N) is 1. The van der Waals surface area contributed by atoms with Crippen molar-refractivity contribution in [2.75, 3.05) is 7.05 Å². The van der Waals surface area contributed by atoms with Crippen LogP contribution in [-0.4, -0.2) is 18.0 Å². The van der Waals surface area contributed by atoms with Crippen LogP contribution in [0.2, 0.25) is 0 Å². The van der Waals surface area contributed by atoms with Crippen LogP contribution in [-0.2, 0) is 33.1 Å². The van der Waals surface area contributed by atoms with Gasteiger partial charge in [0, 0.05) is 26.1 Å². The number of ether oxygens (including phenoxy) is 3. The largest absolute Gasteiger partial charge is 0.453 e. The molecule has 0 radical (unpaired) electrons. The van der Waals surface area contributed by atoms with E-state index in [1.54, 1.807) is 11.9 Å². The van der Waals surface area contributed by atoms with Crippen LogP contribution >= 0.6 is 0 Å². The lowest BCUT2D eigenvalue weighted by Gasteiger charge is -2.24. The molecule has 1 amide bonds. The molecule has 3 rings (SSSR count). The molecule has 0 spiro atoms. The first kappa shape index (κ1) is 16.9. The average molecular weight is 339 g/mol. The highest BCUT2D eigenvalue weighted by Gasteiger charge is 2.32. The Bertz CT molecular complexity index is 749. The standard InChI is InChI=1S/C20H21NO4/c1-20(24-11-12-25-20)18-10-6-9-17(13-18)14-21(2)19(22)23-15-16-7-4-3-5-8-16/h3-13H,14-15H2,1-2H3. The molecule has 2 aromatic carbocycles. The molecular weight excluding hydrogens is 318 g/mol. The molecule has 2 aromatic rings. The van der Waals surface area contributed by atoms with E-state index in [-0.39, 0.29) is 12.7 Å². The van der Waals surface area contributed by atoms with Gasteiger partial charge in [0.15, 0.2) is 0 Å². The van der Waals surface area contributed by atoms with Gasteiger partial charge in [-0.1, -0.05) is 48.5 Å². The lowest BCUT2D eigenvalue weighted by Crippen LogP contribution is -2.27. The van der Waals surface area contributed by atoms with Gasteiger partial charge in [-0.3, -0.25) is 0 Å². The van der Waals surface area contributed by atoms with Crippen molar-refractivity contribution in [1.82, 2.24) is 4.90 Å². The fourth-order valence-corrected chi connectivity index (χ4v) is 2.60. The van der Waals surface area contributed by atoms with Crippen LogP contribution in [0.25, 0.3) is 0 Å². The Kier molecular flexibility index (Phi) is 4.93. The minimum absolute atomic E-state index is 0.259. The number of rotatable bonds is 5. The molecule has 1 aliphatic rings. The maximum absolute atomic E-state index is 12.2. The van der Waals surface area contributed by atoms with Crippen molar-refractivity contribution in [2.24, 2.45) is 0 Å². The fraction of sp³-hybridized carbons (Fsp3) is 0.250. The molecule has 1 aliphatic heterocycles. The van der Waals surface area contributed by atoms with Crippen LogP contribution in [0.5, 0.6) is 0 Å². The topological polar surface area (TPSA) is 48.0 Å². The maximum atomic E-state index is 12.2. The number of amides is 1. The molecule has 0 unspecified atom stereocenters. The summed E-state index contributed by atoms with van der Waals surface area (Å²) in [7, 11) is 1.71. The van der Waals surface area contributed by atoms with E-state index >= 15 is 0 Å². The Morgan fingerprint density at radius 3 is 2.44 bits per heavy atom. The first-order valence-corrected chi connectivity index (χ1v) is 8.09. The second kappa shape index (κ2) is 7.30. The van der Waals surface area contributed by atoms with Gasteiger partial charge in [0.05, 0.1) is 0 Å². The first-order valence-electron chi connectivity index (χ1n) is 8.09. The number of hydrogen-bond acceptors (Lipinski definition) is 4. The molecule has 0 aromatic heterocycles. The van der Waals surface area contributed by atoms with Gasteiger partial charge in [-0.15, -0.1) is 0 Å². The average Bonchev–Trinajstić information content (AvgIpc) is 3.09. The summed E-state index contributed by atoms with van der Waals surface area (Å²) in [6.07, 6.45) is 2.69. The Balaban J connectivity index is 1.59. The highest BCUT2D eigenvalue weighted by atomic mass is 16.7. The minimum atomic E-state index is -0.817. The SMILES string of the molecule is CN(Cc1cccc(C2(C)OC=CO2)c1)C(=O)OCc1ccccc1. The van der Waals surface area contributed by atoms with Crippen molar-refractivity contribution in [3.05, 3.63) is 83.8 Å². The predicted octanol–water partition coefficient (Wildman–Crippen LogP) is 4.15. The molecule has 0 saturated carbocycles. The second-order valence-corrected chi connectivity index (χ2v) is 6.05. The van der Waals surface area contributed by atoms with Crippen molar-refractivity contribution in [3.8, 4) is 0 Å². The van der Waals surface area contributed by atoms with Crippen molar-refractivity contribution < 1.29 is 19.0 Å². The highest BCUT2D eigenvalue weighted by molar-refractivity contribution is 5.67. The van der Waals surface area contributed by atoms with E-state index in [9.17, 15) is 4.79 Å². The Morgan fingerprint density at radius 2 is 1.72 bits per heavy atom. The molecule has 0 atom stereocenters. The summed E-state index contributed by atoms with van der Waals surface area (Å²) in [6, 6.07) is 17.4. The summed E-state index contributed by atoms with van der Waals surface area (Å²) in [6.45, 7) is 2.55. The van der Waals surface area contributed by atoms with Gasteiger partial charge in [0.25, 0.3) is 5.79 Å². The van der Waals surface area contributed by atoms with E-state index in [1.807, 2.05) is 61.5 Å². The zero-order valence-electron chi connectivity index (χ0n) is 14.3. The van der Waals surface area contributed by atoms with Crippen LogP contribution < -0.4 is 0 Å². The van der Waals surface area contributed by atoms with Crippen LogP contribution in [0, 0.1) is 0 Å². The predicted molar refractivity (Wildman–Crippen MR) is 93.2 cm³/mol. The first-order chi connectivity index (χ1) is 12.1. The number of carbonyl (C=O) groups is 1. The smallest absolute Gasteiger partial charge is 0.410 e. The third-order valence-corrected chi connectivity index (χ3v) is 4.03. The molecule has 0 saturated heterocycles. The highest BCUT2D eigenvalue weighted by Crippen LogP contribution is 2.31. The van der Waals surface area contributed by atoms with Crippen LogP contribution in [0.3, 0.4) is 0 Å². The van der Waals surface area contributed by atoms with Crippen molar-refractivity contribution >= 4 is 6.09 Å². The Hall–Kier alpha value is -2.95. The quantitative estimate of drug-likeness (QED) is 0.821. The molecule has 0 aliphatic carbocycles. The summed E-state index contributed by atoms with van der Waals surface area (Å²) in [5, 5.41) is 0. The summed E-state index contributed by atoms with van der Waals surface area (Å²) < 4.78 is 16.4. The molecule has 130 valence electrons. The summed E-state index contributed by atoms with van der Waals surface area (Å²) in [4.78, 5) is 13.7. The van der Waals surface area contributed by atoms with E-state index in [1.165, 1.54) is 12.5 Å². The van der Waals surface area contributed by atoms with Gasteiger partial charge in [-0.2, -0.15) is 0 Å². The van der Waals surface area contributed by atoms with Gasteiger partial charge in [0.2, 0.25) is 0 Å². The summed E-state index contributed by atoms with van der Waals surface area (Å²) in [5.41, 5.74) is 2.82. The summed E-state index contributed by atoms with van der Waals surface area (Å²) in [5.74, 6) is -0.817. The Labute approximate surface area is 147 Å². The minimum Gasteiger partial charge on any atom is -0.453 e. The van der Waals surface area contributed by atoms with Gasteiger partial charge in [-0.25, -0.2) is 4.79 Å². The monoisotopic (exact) mass is 339 g/mol. The van der Waals surface area contributed by atoms with Crippen LogP contribution in [0.1, 0.15) is 23.6 Å². The van der Waals surface area contributed by atoms with Gasteiger partial charge >= 0.3 is 6.09 Å². The van der Waals surface area contributed by atoms with Gasteiger partial charge in [0.1, 0.15) is 19.1 Å². The lowest BCUT2D eigenvalue weighted by atomic mass is 10.0. The Morgan fingerprint density at radius 1 is 1.04 bits per heavy atom. The third kappa shape index (κ3) is 4.12. The summed E-state index contributed by atoms with van der Waals surface area (Å²) >= 11 is 0. The lowest BCUT2D eigenvalue weighted by molar-refractivity contribution is -0.133. The van der Waals surface area contributed by atoms with E-state index in [2.05, 4.69) is 0 Å². The van der Waals surface area contributed by atoms with Crippen molar-refractivity contribution in [1.29, 1.82) is 0 Å². The molecule has 5 nitrogen and oxygen atoms in total. The van der Waals surface area contributed by atoms with E-state index in [4.69, 9.17) is 14.2 Å². The van der Waals surface area contributed by atoms with Gasteiger partial charge in [-0.05, 0) is 17.2 Å². The van der Waals surface area contributed by atoms with E-state index < -0.39 is 5.79 Å². The van der Waals surface area contributed by atoms with Gasteiger partial charge < -0.3 is 19.1 Å². The fourth-order valence-electron chi connectivity index (χ4n) is 2.60. The number of carbonyl (C=O) groups excluding carboxylic acids is 1. The number of hydrogen-bond donors (Lipinski definition) is 0. The van der Waals surface area contributed by atoms with E-state index in [0.29, 0.717) is 6.54 Å².